The zero-order valence-electron chi connectivity index (χ0n) is 23.3. The number of aromatic amines is 1. The number of piperidine rings is 1. The number of carbonyl (C=O) groups excluding carboxylic acids is 2. The summed E-state index contributed by atoms with van der Waals surface area (Å²) in [7, 11) is 3.75. The molecule has 0 bridgehead atoms. The Morgan fingerprint density at radius 1 is 1.07 bits per heavy atom. The molecule has 2 aromatic heterocycles. The number of H-pyrrole nitrogens is 1. The number of rotatable bonds is 5. The summed E-state index contributed by atoms with van der Waals surface area (Å²) in [6, 6.07) is 17.4. The third-order valence-corrected chi connectivity index (χ3v) is 7.66. The number of hydrogen-bond acceptors (Lipinski definition) is 6. The molecule has 0 aliphatic carbocycles. The third kappa shape index (κ3) is 7.17. The first-order valence-electron chi connectivity index (χ1n) is 13.8. The molecule has 2 fully saturated rings. The molecule has 4 aromatic rings. The number of likely N-dealkylation sites (N-methyl/N-ethyl adjacent to an activating group) is 1. The molecule has 2 amide bonds. The number of ether oxygens (including phenoxy) is 1. The summed E-state index contributed by atoms with van der Waals surface area (Å²) in [5.74, 6) is 1.10. The summed E-state index contributed by atoms with van der Waals surface area (Å²) in [6.07, 6.45) is 6.15. The van der Waals surface area contributed by atoms with Crippen LogP contribution in [0.4, 0.5) is 5.69 Å². The SMILES string of the molecule is CNC(=O)c1ccc(N2CCN(C)CC2)cc1Oc1cnc2[nH]ccc2c1.O=C1CCCC(c2ccc(Cl)cc2)N1. The Bertz CT molecular complexity index is 1500. The maximum absolute atomic E-state index is 12.3. The lowest BCUT2D eigenvalue weighted by Gasteiger charge is -2.34. The predicted molar refractivity (Wildman–Crippen MR) is 162 cm³/mol. The Kier molecular flexibility index (Phi) is 9.06. The Hall–Kier alpha value is -4.08. The average molecular weight is 575 g/mol. The van der Waals surface area contributed by atoms with Crippen molar-refractivity contribution in [1.29, 1.82) is 0 Å². The normalized spacial score (nSPS) is 17.4. The summed E-state index contributed by atoms with van der Waals surface area (Å²) in [6.45, 7) is 3.93. The fraction of sp³-hybridized carbons (Fsp3) is 0.323. The molecule has 2 aromatic carbocycles. The molecule has 2 saturated heterocycles. The van der Waals surface area contributed by atoms with Crippen LogP contribution in [0.1, 0.15) is 41.2 Å². The van der Waals surface area contributed by atoms with Crippen LogP contribution in [-0.4, -0.2) is 67.0 Å². The topological polar surface area (TPSA) is 103 Å². The Balaban J connectivity index is 0.000000202. The maximum atomic E-state index is 12.3. The van der Waals surface area contributed by atoms with Gasteiger partial charge in [0, 0.05) is 68.0 Å². The number of anilines is 1. The van der Waals surface area contributed by atoms with E-state index in [1.165, 1.54) is 0 Å². The van der Waals surface area contributed by atoms with E-state index in [4.69, 9.17) is 16.3 Å². The first-order valence-corrected chi connectivity index (χ1v) is 14.2. The number of halogens is 1. The predicted octanol–water partition coefficient (Wildman–Crippen LogP) is 5.15. The smallest absolute Gasteiger partial charge is 0.254 e. The lowest BCUT2D eigenvalue weighted by Crippen LogP contribution is -2.44. The largest absolute Gasteiger partial charge is 0.455 e. The van der Waals surface area contributed by atoms with Gasteiger partial charge in [-0.25, -0.2) is 4.98 Å². The highest BCUT2D eigenvalue weighted by Crippen LogP contribution is 2.31. The molecule has 1 atom stereocenters. The summed E-state index contributed by atoms with van der Waals surface area (Å²) in [4.78, 5) is 35.5. The molecule has 6 rings (SSSR count). The minimum atomic E-state index is -0.175. The van der Waals surface area contributed by atoms with Crippen LogP contribution < -0.4 is 20.3 Å². The van der Waals surface area contributed by atoms with Crippen molar-refractivity contribution in [2.75, 3.05) is 45.2 Å². The van der Waals surface area contributed by atoms with E-state index < -0.39 is 0 Å². The van der Waals surface area contributed by atoms with Crippen molar-refractivity contribution in [2.45, 2.75) is 25.3 Å². The molecular weight excluding hydrogens is 540 g/mol. The molecule has 2 aliphatic heterocycles. The number of hydrogen-bond donors (Lipinski definition) is 3. The highest BCUT2D eigenvalue weighted by Gasteiger charge is 2.20. The van der Waals surface area contributed by atoms with E-state index in [-0.39, 0.29) is 17.9 Å². The molecule has 0 spiro atoms. The van der Waals surface area contributed by atoms with E-state index in [0.29, 0.717) is 23.5 Å². The summed E-state index contributed by atoms with van der Waals surface area (Å²) >= 11 is 5.79. The van der Waals surface area contributed by atoms with Crippen molar-refractivity contribution in [2.24, 2.45) is 0 Å². The van der Waals surface area contributed by atoms with Crippen LogP contribution in [0.5, 0.6) is 11.5 Å². The van der Waals surface area contributed by atoms with Crippen molar-refractivity contribution in [3.63, 3.8) is 0 Å². The van der Waals surface area contributed by atoms with Crippen molar-refractivity contribution in [1.82, 2.24) is 25.5 Å². The van der Waals surface area contributed by atoms with Crippen molar-refractivity contribution < 1.29 is 14.3 Å². The van der Waals surface area contributed by atoms with Gasteiger partial charge in [0.1, 0.15) is 17.1 Å². The van der Waals surface area contributed by atoms with Gasteiger partial charge in [0.2, 0.25) is 5.91 Å². The fourth-order valence-corrected chi connectivity index (χ4v) is 5.16. The van der Waals surface area contributed by atoms with E-state index in [1.54, 1.807) is 13.2 Å². The van der Waals surface area contributed by atoms with Crippen LogP contribution in [-0.2, 0) is 4.79 Å². The molecule has 0 radical (unpaired) electrons. The van der Waals surface area contributed by atoms with Gasteiger partial charge in [-0.15, -0.1) is 0 Å². The summed E-state index contributed by atoms with van der Waals surface area (Å²) < 4.78 is 6.09. The molecule has 9 nitrogen and oxygen atoms in total. The number of piperazine rings is 1. The minimum Gasteiger partial charge on any atom is -0.455 e. The van der Waals surface area contributed by atoms with Crippen LogP contribution >= 0.6 is 11.6 Å². The molecule has 0 saturated carbocycles. The Morgan fingerprint density at radius 3 is 2.59 bits per heavy atom. The number of nitrogens with one attached hydrogen (secondary N) is 3. The standard InChI is InChI=1S/C20H23N5O2.C11H12ClNO/c1-21-20(26)17-4-3-15(25-9-7-24(2)8-10-25)12-18(17)27-16-11-14-5-6-22-19(14)23-13-16;12-9-6-4-8(5-7-9)10-2-1-3-11(14)13-10/h3-6,11-13H,7-10H2,1-2H3,(H,21,26)(H,22,23);4-7,10H,1-3H2,(H,13,14). The van der Waals surface area contributed by atoms with Crippen molar-refractivity contribution >= 4 is 40.1 Å². The quantitative estimate of drug-likeness (QED) is 0.305. The van der Waals surface area contributed by atoms with Crippen LogP contribution in [0.15, 0.2) is 67.0 Å². The molecular formula is C31H35ClN6O3. The average Bonchev–Trinajstić information content (AvgIpc) is 3.46. The third-order valence-electron chi connectivity index (χ3n) is 7.41. The number of fused-ring (bicyclic) bond motifs is 1. The number of nitrogens with zero attached hydrogens (tertiary/aromatic N) is 3. The lowest BCUT2D eigenvalue weighted by atomic mass is 9.97. The fourth-order valence-electron chi connectivity index (χ4n) is 5.03. The number of benzene rings is 2. The molecule has 1 unspecified atom stereocenters. The van der Waals surface area contributed by atoms with E-state index in [2.05, 4.69) is 37.4 Å². The Morgan fingerprint density at radius 2 is 1.85 bits per heavy atom. The highest BCUT2D eigenvalue weighted by atomic mass is 35.5. The Labute approximate surface area is 244 Å². The van der Waals surface area contributed by atoms with E-state index in [9.17, 15) is 9.59 Å². The van der Waals surface area contributed by atoms with Crippen LogP contribution in [0.2, 0.25) is 5.02 Å². The van der Waals surface area contributed by atoms with Gasteiger partial charge in [0.25, 0.3) is 5.91 Å². The molecule has 3 N–H and O–H groups in total. The van der Waals surface area contributed by atoms with Gasteiger partial charge in [-0.3, -0.25) is 9.59 Å². The van der Waals surface area contributed by atoms with Gasteiger partial charge >= 0.3 is 0 Å². The second-order valence-electron chi connectivity index (χ2n) is 10.3. The lowest BCUT2D eigenvalue weighted by molar-refractivity contribution is -0.123. The van der Waals surface area contributed by atoms with Crippen molar-refractivity contribution in [3.05, 3.63) is 83.1 Å². The first-order chi connectivity index (χ1) is 19.9. The van der Waals surface area contributed by atoms with Crippen LogP contribution in [0.3, 0.4) is 0 Å². The van der Waals surface area contributed by atoms with Crippen molar-refractivity contribution in [3.8, 4) is 11.5 Å². The number of pyridine rings is 1. The second kappa shape index (κ2) is 13.1. The van der Waals surface area contributed by atoms with Gasteiger partial charge < -0.3 is 30.2 Å². The van der Waals surface area contributed by atoms with E-state index in [1.807, 2.05) is 60.8 Å². The van der Waals surface area contributed by atoms with Crippen LogP contribution in [0.25, 0.3) is 11.0 Å². The number of carbonyl (C=O) groups is 2. The van der Waals surface area contributed by atoms with Gasteiger partial charge in [-0.1, -0.05) is 23.7 Å². The molecule has 214 valence electrons. The van der Waals surface area contributed by atoms with E-state index >= 15 is 0 Å². The minimum absolute atomic E-state index is 0.149. The van der Waals surface area contributed by atoms with E-state index in [0.717, 1.165) is 66.3 Å². The first kappa shape index (κ1) is 28.4. The summed E-state index contributed by atoms with van der Waals surface area (Å²) in [5.41, 5.74) is 3.51. The van der Waals surface area contributed by atoms with Crippen LogP contribution in [0, 0.1) is 0 Å². The highest BCUT2D eigenvalue weighted by molar-refractivity contribution is 6.30. The molecule has 4 heterocycles. The molecule has 2 aliphatic rings. The monoisotopic (exact) mass is 574 g/mol. The van der Waals surface area contributed by atoms with Gasteiger partial charge in [0.15, 0.2) is 0 Å². The number of aromatic nitrogens is 2. The number of amides is 2. The summed E-state index contributed by atoms with van der Waals surface area (Å²) in [5, 5.41) is 7.34. The maximum Gasteiger partial charge on any atom is 0.254 e. The zero-order chi connectivity index (χ0) is 28.8. The van der Waals surface area contributed by atoms with Gasteiger partial charge in [-0.2, -0.15) is 0 Å². The molecule has 41 heavy (non-hydrogen) atoms. The van der Waals surface area contributed by atoms with Gasteiger partial charge in [0.05, 0.1) is 17.8 Å². The molecule has 10 heteroatoms. The second-order valence-corrected chi connectivity index (χ2v) is 10.7. The van der Waals surface area contributed by atoms with Gasteiger partial charge in [-0.05, 0) is 61.9 Å². The zero-order valence-corrected chi connectivity index (χ0v) is 24.1.